The van der Waals surface area contributed by atoms with Gasteiger partial charge in [-0.1, -0.05) is 0 Å². The van der Waals surface area contributed by atoms with Gasteiger partial charge in [-0.05, 0) is 44.9 Å². The summed E-state index contributed by atoms with van der Waals surface area (Å²) in [6, 6.07) is 0. The van der Waals surface area contributed by atoms with E-state index in [1.807, 2.05) is 0 Å². The zero-order chi connectivity index (χ0) is 18.6. The van der Waals surface area contributed by atoms with Crippen LogP contribution < -0.4 is 38.4 Å². The van der Waals surface area contributed by atoms with Crippen LogP contribution in [0.1, 0.15) is 57.8 Å². The molecular formula is C18H30ClN3O4. The molecule has 0 saturated carbocycles. The van der Waals surface area contributed by atoms with Gasteiger partial charge in [-0.3, -0.25) is 0 Å². The maximum atomic E-state index is 8.49. The maximum absolute atomic E-state index is 8.49. The van der Waals surface area contributed by atoms with E-state index in [0.717, 1.165) is 0 Å². The minimum absolute atomic E-state index is 1.30. The van der Waals surface area contributed by atoms with Gasteiger partial charge in [0.1, 0.15) is 24.5 Å². The van der Waals surface area contributed by atoms with Crippen LogP contribution in [-0.4, -0.2) is 39.3 Å². The van der Waals surface area contributed by atoms with Gasteiger partial charge in [0.2, 0.25) is 0 Å². The lowest BCUT2D eigenvalue weighted by Gasteiger charge is -2.28. The minimum atomic E-state index is -4.94. The van der Waals surface area contributed by atoms with E-state index in [0.29, 0.717) is 0 Å². The number of piperidine rings is 3. The summed E-state index contributed by atoms with van der Waals surface area (Å²) in [6.07, 6.45) is 12.7. The lowest BCUT2D eigenvalue weighted by Crippen LogP contribution is -2.68. The largest absolute Gasteiger partial charge is 0.364 e. The first-order chi connectivity index (χ1) is 12.4. The number of hydrogen-bond acceptors (Lipinski definition) is 6. The molecule has 3 heterocycles. The number of anilines is 2. The van der Waals surface area contributed by atoms with E-state index >= 15 is 0 Å². The molecule has 8 heteroatoms. The van der Waals surface area contributed by atoms with Crippen molar-refractivity contribution >= 4 is 11.4 Å². The Hall–Kier alpha value is -0.860. The molecular weight excluding hydrogens is 358 g/mol. The third-order valence-electron chi connectivity index (χ3n) is 5.63. The smallest absolute Gasteiger partial charge is 0.252 e. The lowest BCUT2D eigenvalue weighted by atomic mass is 10.1. The van der Waals surface area contributed by atoms with Gasteiger partial charge in [-0.2, -0.15) is 0 Å². The fourth-order valence-corrected chi connectivity index (χ4v) is 4.41. The average Bonchev–Trinajstić information content (AvgIpc) is 3.38. The lowest BCUT2D eigenvalue weighted by molar-refractivity contribution is -2.00. The second kappa shape index (κ2) is 8.89. The highest BCUT2D eigenvalue weighted by Crippen LogP contribution is 2.36. The van der Waals surface area contributed by atoms with E-state index < -0.39 is 10.2 Å². The predicted octanol–water partition coefficient (Wildman–Crippen LogP) is -2.26. The maximum Gasteiger partial charge on any atom is 0.252 e. The van der Waals surface area contributed by atoms with Crippen molar-refractivity contribution in [3.8, 4) is 0 Å². The molecule has 0 amide bonds. The first-order valence-electron chi connectivity index (χ1n) is 9.94. The Kier molecular flexibility index (Phi) is 6.80. The molecule has 4 rings (SSSR count). The highest BCUT2D eigenvalue weighted by atomic mass is 35.7. The van der Waals surface area contributed by atoms with Crippen LogP contribution >= 0.6 is 0 Å². The molecule has 0 aromatic heterocycles. The number of rotatable bonds is 2. The Labute approximate surface area is 157 Å². The highest BCUT2D eigenvalue weighted by Gasteiger charge is 2.38. The summed E-state index contributed by atoms with van der Waals surface area (Å²) in [4.78, 5) is 5.41. The normalized spacial score (nSPS) is 22.4. The Morgan fingerprint density at radius 1 is 0.577 bits per heavy atom. The molecule has 3 fully saturated rings. The molecule has 0 radical (unpaired) electrons. The third kappa shape index (κ3) is 5.57. The molecule has 3 saturated heterocycles. The molecule has 0 unspecified atom stereocenters. The summed E-state index contributed by atoms with van der Waals surface area (Å²) < 4.78 is 36.7. The molecule has 3 aliphatic heterocycles. The van der Waals surface area contributed by atoms with Gasteiger partial charge in [-0.25, -0.2) is 23.2 Å². The predicted molar refractivity (Wildman–Crippen MR) is 89.8 cm³/mol. The van der Waals surface area contributed by atoms with Crippen LogP contribution in [0.15, 0.2) is 0 Å². The van der Waals surface area contributed by atoms with Crippen LogP contribution in [0.4, 0.5) is 11.4 Å². The molecule has 148 valence electrons. The molecule has 3 aliphatic rings. The molecule has 26 heavy (non-hydrogen) atoms. The summed E-state index contributed by atoms with van der Waals surface area (Å²) in [7, 11) is -4.94. The van der Waals surface area contributed by atoms with Gasteiger partial charge in [0.15, 0.2) is 0 Å². The van der Waals surface area contributed by atoms with Crippen LogP contribution in [0.3, 0.4) is 0 Å². The Morgan fingerprint density at radius 3 is 1.31 bits per heavy atom. The first-order valence-corrected chi connectivity index (χ1v) is 11.2. The van der Waals surface area contributed by atoms with E-state index in [4.69, 9.17) is 18.6 Å². The van der Waals surface area contributed by atoms with Crippen LogP contribution in [0, 0.1) is 10.2 Å². The fourth-order valence-electron chi connectivity index (χ4n) is 4.41. The van der Waals surface area contributed by atoms with Crippen molar-refractivity contribution in [2.24, 2.45) is 0 Å². The summed E-state index contributed by atoms with van der Waals surface area (Å²) in [6.45, 7) is 7.77. The van der Waals surface area contributed by atoms with Crippen LogP contribution in [0.5, 0.6) is 0 Å². The van der Waals surface area contributed by atoms with Gasteiger partial charge in [-0.15, -0.1) is 10.2 Å². The highest BCUT2D eigenvalue weighted by molar-refractivity contribution is 5.85. The first kappa shape index (κ1) is 19.9. The summed E-state index contributed by atoms with van der Waals surface area (Å²) >= 11 is 0. The quantitative estimate of drug-likeness (QED) is 0.531. The van der Waals surface area contributed by atoms with Gasteiger partial charge >= 0.3 is 0 Å². The van der Waals surface area contributed by atoms with Crippen molar-refractivity contribution in [3.63, 3.8) is 0 Å². The molecule has 0 atom stereocenters. The van der Waals surface area contributed by atoms with Crippen LogP contribution in [0.2, 0.25) is 0 Å². The van der Waals surface area contributed by atoms with Gasteiger partial charge < -0.3 is 9.80 Å². The second-order valence-electron chi connectivity index (χ2n) is 7.57. The average molecular weight is 388 g/mol. The molecule has 7 nitrogen and oxygen atoms in total. The summed E-state index contributed by atoms with van der Waals surface area (Å²) in [5, 5.41) is 1.65. The third-order valence-corrected chi connectivity index (χ3v) is 5.63. The number of hydrogen-bond donors (Lipinski definition) is 0. The molecule has 0 spiro atoms. The fraction of sp³-hybridized carbons (Fsp3) is 0.833. The van der Waals surface area contributed by atoms with E-state index in [1.165, 1.54) is 97.1 Å². The molecule has 0 bridgehead atoms. The molecule has 0 N–H and O–H groups in total. The van der Waals surface area contributed by atoms with Crippen molar-refractivity contribution < 1.29 is 28.9 Å². The zero-order valence-electron chi connectivity index (χ0n) is 15.5. The molecule has 1 aromatic carbocycles. The topological polar surface area (TPSA) is 102 Å². The standard InChI is InChI=1S/C18H30N3.ClHO4/c1-4-10-19(11-5-1)16-17(20-12-6-2-7-13-20)18(16)21-14-8-3-9-15-21;2-1(3,4)5/h1-15H2;(H,2,3,4,5)/q+1;/p-1. The van der Waals surface area contributed by atoms with Crippen molar-refractivity contribution in [3.05, 3.63) is 5.36 Å². The SMILES string of the molecule is C1CCN(c2c(N3CCCCC3)c2=[N+]2CCCCC2)CC1.[O-][Cl+3]([O-])([O-])[O-]. The zero-order valence-corrected chi connectivity index (χ0v) is 16.2. The van der Waals surface area contributed by atoms with E-state index in [1.54, 1.807) is 16.7 Å². The second-order valence-corrected chi connectivity index (χ2v) is 8.32. The minimum Gasteiger partial charge on any atom is -0.364 e. The Balaban J connectivity index is 0.000000349. The molecule has 1 aromatic rings. The van der Waals surface area contributed by atoms with Crippen molar-refractivity contribution in [2.75, 3.05) is 49.1 Å². The summed E-state index contributed by atoms with van der Waals surface area (Å²) in [5.41, 5.74) is 3.30. The van der Waals surface area contributed by atoms with Crippen molar-refractivity contribution in [1.29, 1.82) is 0 Å². The van der Waals surface area contributed by atoms with E-state index in [-0.39, 0.29) is 0 Å². The van der Waals surface area contributed by atoms with Gasteiger partial charge in [0, 0.05) is 39.0 Å². The summed E-state index contributed by atoms with van der Waals surface area (Å²) in [5.74, 6) is 0. The number of halogens is 1. The van der Waals surface area contributed by atoms with Crippen molar-refractivity contribution in [2.45, 2.75) is 57.8 Å². The van der Waals surface area contributed by atoms with E-state index in [9.17, 15) is 0 Å². The molecule has 0 aliphatic carbocycles. The van der Waals surface area contributed by atoms with Crippen molar-refractivity contribution in [1.82, 2.24) is 4.58 Å². The van der Waals surface area contributed by atoms with Gasteiger partial charge in [0.05, 0.1) is 0 Å². The van der Waals surface area contributed by atoms with Gasteiger partial charge in [0.25, 0.3) is 5.36 Å². The Bertz CT molecular complexity index is 548. The monoisotopic (exact) mass is 387 g/mol. The van der Waals surface area contributed by atoms with Crippen LogP contribution in [-0.2, 0) is 0 Å². The number of nitrogens with zero attached hydrogens (tertiary/aromatic N) is 3. The van der Waals surface area contributed by atoms with E-state index in [2.05, 4.69) is 14.4 Å². The Morgan fingerprint density at radius 2 is 0.923 bits per heavy atom. The van der Waals surface area contributed by atoms with Crippen LogP contribution in [0.25, 0.3) is 0 Å².